The molecule has 0 radical (unpaired) electrons. The van der Waals surface area contributed by atoms with Crippen LogP contribution in [0.2, 0.25) is 0 Å². The highest BCUT2D eigenvalue weighted by molar-refractivity contribution is 7.16. The fourth-order valence-corrected chi connectivity index (χ4v) is 2.96. The molecule has 3 N–H and O–H groups in total. The van der Waals surface area contributed by atoms with Crippen LogP contribution in [-0.2, 0) is 0 Å². The largest absolute Gasteiger partial charge is 0.375 e. The van der Waals surface area contributed by atoms with Crippen LogP contribution in [-0.4, -0.2) is 22.5 Å². The molecule has 0 spiro atoms. The number of aromatic nitrogens is 1. The second-order valence-corrected chi connectivity index (χ2v) is 5.63. The molecule has 100 valence electrons. The van der Waals surface area contributed by atoms with E-state index in [4.69, 9.17) is 5.73 Å². The molecule has 0 saturated heterocycles. The number of nitrogens with two attached hydrogens (primary N) is 1. The third kappa shape index (κ3) is 2.26. The van der Waals surface area contributed by atoms with E-state index in [0.717, 1.165) is 17.5 Å². The van der Waals surface area contributed by atoms with Crippen molar-refractivity contribution in [3.8, 4) is 0 Å². The molecule has 1 aromatic heterocycles. The van der Waals surface area contributed by atoms with Crippen LogP contribution in [0, 0.1) is 16.0 Å². The Bertz CT molecular complexity index is 623. The van der Waals surface area contributed by atoms with Gasteiger partial charge in [0.05, 0.1) is 15.1 Å². The van der Waals surface area contributed by atoms with Gasteiger partial charge in [0.25, 0.3) is 0 Å². The van der Waals surface area contributed by atoms with Crippen LogP contribution in [0.15, 0.2) is 17.6 Å². The van der Waals surface area contributed by atoms with Gasteiger partial charge in [0.15, 0.2) is 5.52 Å². The van der Waals surface area contributed by atoms with Gasteiger partial charge < -0.3 is 11.1 Å². The maximum atomic E-state index is 11.3. The van der Waals surface area contributed by atoms with Crippen LogP contribution < -0.4 is 11.1 Å². The predicted octanol–water partition coefficient (Wildman–Crippen LogP) is 2.35. The molecular weight excluding hydrogens is 264 g/mol. The molecule has 1 aromatic carbocycles. The first-order chi connectivity index (χ1) is 9.20. The van der Waals surface area contributed by atoms with Crippen molar-refractivity contribution in [2.45, 2.75) is 18.9 Å². The van der Waals surface area contributed by atoms with Crippen LogP contribution in [0.4, 0.5) is 11.4 Å². The maximum Gasteiger partial charge on any atom is 0.319 e. The van der Waals surface area contributed by atoms with E-state index in [0.29, 0.717) is 23.7 Å². The first kappa shape index (κ1) is 12.3. The minimum atomic E-state index is -0.370. The monoisotopic (exact) mass is 278 g/mol. The summed E-state index contributed by atoms with van der Waals surface area (Å²) in [5, 5.41) is 14.5. The molecule has 1 heterocycles. The molecule has 1 saturated carbocycles. The molecule has 1 unspecified atom stereocenters. The highest BCUT2D eigenvalue weighted by Crippen LogP contribution is 2.38. The fraction of sp³-hybridized carbons (Fsp3) is 0.417. The number of anilines is 1. The number of hydrogen-bond donors (Lipinski definition) is 2. The van der Waals surface area contributed by atoms with Crippen molar-refractivity contribution < 1.29 is 4.92 Å². The van der Waals surface area contributed by atoms with E-state index >= 15 is 0 Å². The lowest BCUT2D eigenvalue weighted by Crippen LogP contribution is -2.31. The molecular formula is C12H14N4O2S. The van der Waals surface area contributed by atoms with Gasteiger partial charge in [0.2, 0.25) is 0 Å². The van der Waals surface area contributed by atoms with Gasteiger partial charge in [-0.3, -0.25) is 10.1 Å². The Hall–Kier alpha value is -1.73. The molecule has 0 bridgehead atoms. The molecule has 1 fully saturated rings. The molecule has 1 atom stereocenters. The fourth-order valence-electron chi connectivity index (χ4n) is 2.29. The number of hydrogen-bond acceptors (Lipinski definition) is 6. The molecule has 2 aromatic rings. The number of nitrogens with zero attached hydrogens (tertiary/aromatic N) is 2. The average Bonchev–Trinajstić information content (AvgIpc) is 3.12. The number of nitrogens with one attached hydrogen (secondary N) is 1. The van der Waals surface area contributed by atoms with E-state index < -0.39 is 0 Å². The lowest BCUT2D eigenvalue weighted by Gasteiger charge is -2.17. The number of benzene rings is 1. The Kier molecular flexibility index (Phi) is 3.08. The lowest BCUT2D eigenvalue weighted by atomic mass is 10.1. The number of rotatable bonds is 5. The van der Waals surface area contributed by atoms with E-state index in [2.05, 4.69) is 10.3 Å². The Morgan fingerprint density at radius 3 is 3.00 bits per heavy atom. The number of nitro benzene ring substituents is 1. The van der Waals surface area contributed by atoms with Gasteiger partial charge in [-0.15, -0.1) is 11.3 Å². The first-order valence-electron chi connectivity index (χ1n) is 6.18. The van der Waals surface area contributed by atoms with Crippen LogP contribution in [0.1, 0.15) is 12.8 Å². The minimum absolute atomic E-state index is 0.0536. The van der Waals surface area contributed by atoms with E-state index in [-0.39, 0.29) is 16.7 Å². The first-order valence-corrected chi connectivity index (χ1v) is 7.06. The summed E-state index contributed by atoms with van der Waals surface area (Å²) in [7, 11) is 0. The second-order valence-electron chi connectivity index (χ2n) is 4.74. The molecule has 0 amide bonds. The van der Waals surface area contributed by atoms with Crippen molar-refractivity contribution in [1.82, 2.24) is 4.98 Å². The van der Waals surface area contributed by atoms with Gasteiger partial charge in [0, 0.05) is 12.6 Å². The van der Waals surface area contributed by atoms with Crippen molar-refractivity contribution in [2.24, 2.45) is 11.7 Å². The normalized spacial score (nSPS) is 16.5. The lowest BCUT2D eigenvalue weighted by molar-refractivity contribution is -0.382. The van der Waals surface area contributed by atoms with Gasteiger partial charge in [-0.05, 0) is 30.9 Å². The van der Waals surface area contributed by atoms with Crippen molar-refractivity contribution in [1.29, 1.82) is 0 Å². The molecule has 19 heavy (non-hydrogen) atoms. The third-order valence-electron chi connectivity index (χ3n) is 3.44. The minimum Gasteiger partial charge on any atom is -0.375 e. The van der Waals surface area contributed by atoms with Crippen LogP contribution >= 0.6 is 11.3 Å². The zero-order chi connectivity index (χ0) is 13.4. The summed E-state index contributed by atoms with van der Waals surface area (Å²) in [6.07, 6.45) is 2.28. The molecule has 6 nitrogen and oxygen atoms in total. The summed E-state index contributed by atoms with van der Waals surface area (Å²) in [4.78, 5) is 15.0. The smallest absolute Gasteiger partial charge is 0.319 e. The summed E-state index contributed by atoms with van der Waals surface area (Å²) < 4.78 is 0.827. The Morgan fingerprint density at radius 2 is 2.37 bits per heavy atom. The van der Waals surface area contributed by atoms with E-state index in [9.17, 15) is 10.1 Å². The highest BCUT2D eigenvalue weighted by Gasteiger charge is 2.32. The van der Waals surface area contributed by atoms with Gasteiger partial charge in [-0.1, -0.05) is 0 Å². The summed E-state index contributed by atoms with van der Waals surface area (Å²) in [5.74, 6) is 0.538. The summed E-state index contributed by atoms with van der Waals surface area (Å²) in [6, 6.07) is 3.72. The van der Waals surface area contributed by atoms with Gasteiger partial charge in [0.1, 0.15) is 5.69 Å². The quantitative estimate of drug-likeness (QED) is 0.646. The number of thiazole rings is 1. The van der Waals surface area contributed by atoms with E-state index in [1.165, 1.54) is 11.3 Å². The second kappa shape index (κ2) is 4.75. The van der Waals surface area contributed by atoms with Crippen molar-refractivity contribution in [3.63, 3.8) is 0 Å². The van der Waals surface area contributed by atoms with E-state index in [1.807, 2.05) is 6.07 Å². The molecule has 7 heteroatoms. The van der Waals surface area contributed by atoms with Crippen LogP contribution in [0.5, 0.6) is 0 Å². The van der Waals surface area contributed by atoms with E-state index in [1.54, 1.807) is 11.6 Å². The molecule has 0 aliphatic heterocycles. The number of fused-ring (bicyclic) bond motifs is 1. The molecule has 1 aliphatic carbocycles. The SMILES string of the molecule is NCC(Nc1ccc2scnc2c1[N+](=O)[O-])C1CC1. The zero-order valence-electron chi connectivity index (χ0n) is 10.2. The topological polar surface area (TPSA) is 94.1 Å². The molecule has 1 aliphatic rings. The average molecular weight is 278 g/mol. The van der Waals surface area contributed by atoms with Gasteiger partial charge in [-0.2, -0.15) is 0 Å². The van der Waals surface area contributed by atoms with Crippen molar-refractivity contribution >= 4 is 32.9 Å². The highest BCUT2D eigenvalue weighted by atomic mass is 32.1. The van der Waals surface area contributed by atoms with Gasteiger partial charge >= 0.3 is 5.69 Å². The molecule has 3 rings (SSSR count). The Morgan fingerprint density at radius 1 is 1.58 bits per heavy atom. The number of nitro groups is 1. The van der Waals surface area contributed by atoms with Gasteiger partial charge in [-0.25, -0.2) is 4.98 Å². The van der Waals surface area contributed by atoms with Crippen LogP contribution in [0.25, 0.3) is 10.2 Å². The summed E-state index contributed by atoms with van der Waals surface area (Å²) >= 11 is 1.40. The maximum absolute atomic E-state index is 11.3. The third-order valence-corrected chi connectivity index (χ3v) is 4.24. The standard InChI is InChI=1S/C12H14N4O2S/c13-5-9(7-1-2-7)15-8-3-4-10-11(14-6-19-10)12(8)16(17)18/h3-4,6-7,9,15H,1-2,5,13H2. The van der Waals surface area contributed by atoms with Crippen molar-refractivity contribution in [2.75, 3.05) is 11.9 Å². The predicted molar refractivity (Wildman–Crippen MR) is 75.5 cm³/mol. The summed E-state index contributed by atoms with van der Waals surface area (Å²) in [5.41, 5.74) is 8.39. The zero-order valence-corrected chi connectivity index (χ0v) is 11.0. The van der Waals surface area contributed by atoms with Crippen LogP contribution in [0.3, 0.4) is 0 Å². The Balaban J connectivity index is 2.01. The van der Waals surface area contributed by atoms with Crippen molar-refractivity contribution in [3.05, 3.63) is 27.8 Å². The Labute approximate surface area is 113 Å². The summed E-state index contributed by atoms with van der Waals surface area (Å²) in [6.45, 7) is 0.483.